The van der Waals surface area contributed by atoms with Gasteiger partial charge in [0.05, 0.1) is 17.5 Å². The maximum absolute atomic E-state index is 14.2. The Balaban J connectivity index is 1.40. The number of rotatable bonds is 3. The number of carbonyl (C=O) groups excluding carboxylic acids is 1. The topological polar surface area (TPSA) is 77.7 Å². The van der Waals surface area contributed by atoms with Gasteiger partial charge in [-0.25, -0.2) is 9.37 Å². The van der Waals surface area contributed by atoms with Crippen molar-refractivity contribution in [1.82, 2.24) is 25.1 Å². The van der Waals surface area contributed by atoms with Crippen molar-refractivity contribution in [2.75, 3.05) is 13.1 Å². The normalized spacial score (nSPS) is 14.2. The monoisotopic (exact) mass is 387 g/mol. The molecular formula is C22H18FN5O. The van der Waals surface area contributed by atoms with Crippen molar-refractivity contribution in [3.63, 3.8) is 0 Å². The third-order valence-electron chi connectivity index (χ3n) is 5.31. The van der Waals surface area contributed by atoms with Gasteiger partial charge in [0.2, 0.25) is 0 Å². The van der Waals surface area contributed by atoms with E-state index in [0.717, 1.165) is 23.0 Å². The molecule has 0 aliphatic carbocycles. The molecule has 4 aromatic rings. The summed E-state index contributed by atoms with van der Waals surface area (Å²) in [5.74, 6) is -0.549. The van der Waals surface area contributed by atoms with E-state index >= 15 is 0 Å². The van der Waals surface area contributed by atoms with Crippen molar-refractivity contribution in [2.45, 2.75) is 6.42 Å². The summed E-state index contributed by atoms with van der Waals surface area (Å²) in [5, 5.41) is 7.83. The van der Waals surface area contributed by atoms with E-state index in [1.54, 1.807) is 29.3 Å². The molecule has 144 valence electrons. The van der Waals surface area contributed by atoms with E-state index in [0.29, 0.717) is 29.9 Å². The third kappa shape index (κ3) is 3.00. The van der Waals surface area contributed by atoms with Gasteiger partial charge in [-0.3, -0.25) is 9.89 Å². The van der Waals surface area contributed by atoms with Crippen molar-refractivity contribution in [2.24, 2.45) is 0 Å². The summed E-state index contributed by atoms with van der Waals surface area (Å²) >= 11 is 0. The highest BCUT2D eigenvalue weighted by Gasteiger charge is 2.25. The second-order valence-corrected chi connectivity index (χ2v) is 6.97. The molecule has 0 atom stereocenters. The van der Waals surface area contributed by atoms with Crippen molar-refractivity contribution in [3.05, 3.63) is 78.0 Å². The molecule has 29 heavy (non-hydrogen) atoms. The fraction of sp³-hybridized carbons (Fsp3) is 0.136. The molecule has 0 saturated carbocycles. The lowest BCUT2D eigenvalue weighted by molar-refractivity contribution is 0.0773. The van der Waals surface area contributed by atoms with E-state index in [-0.39, 0.29) is 11.7 Å². The van der Waals surface area contributed by atoms with Gasteiger partial charge in [-0.15, -0.1) is 0 Å². The van der Waals surface area contributed by atoms with Crippen LogP contribution in [0.4, 0.5) is 4.39 Å². The Labute approximate surface area is 166 Å². The van der Waals surface area contributed by atoms with E-state index in [9.17, 15) is 9.18 Å². The number of nitrogens with zero attached hydrogens (tertiary/aromatic N) is 3. The zero-order valence-corrected chi connectivity index (χ0v) is 15.5. The lowest BCUT2D eigenvalue weighted by Crippen LogP contribution is -2.34. The molecule has 4 heterocycles. The first kappa shape index (κ1) is 17.4. The number of halogens is 1. The number of hydrogen-bond acceptors (Lipinski definition) is 3. The summed E-state index contributed by atoms with van der Waals surface area (Å²) in [6.45, 7) is 1.07. The van der Waals surface area contributed by atoms with Crippen LogP contribution in [0, 0.1) is 5.82 Å². The van der Waals surface area contributed by atoms with Gasteiger partial charge in [0.15, 0.2) is 0 Å². The number of carbonyl (C=O) groups is 1. The molecule has 0 spiro atoms. The van der Waals surface area contributed by atoms with Gasteiger partial charge >= 0.3 is 0 Å². The highest BCUT2D eigenvalue weighted by molar-refractivity contribution is 6.00. The molecule has 0 unspecified atom stereocenters. The van der Waals surface area contributed by atoms with Gasteiger partial charge in [0, 0.05) is 42.0 Å². The van der Waals surface area contributed by atoms with E-state index < -0.39 is 0 Å². The Morgan fingerprint density at radius 2 is 2.03 bits per heavy atom. The van der Waals surface area contributed by atoms with Crippen LogP contribution in [0.1, 0.15) is 22.3 Å². The molecule has 0 radical (unpaired) electrons. The highest BCUT2D eigenvalue weighted by atomic mass is 19.1. The predicted molar refractivity (Wildman–Crippen MR) is 109 cm³/mol. The first-order valence-corrected chi connectivity index (χ1v) is 9.41. The second-order valence-electron chi connectivity index (χ2n) is 6.97. The van der Waals surface area contributed by atoms with Crippen LogP contribution < -0.4 is 0 Å². The minimum atomic E-state index is -0.389. The molecule has 1 aliphatic heterocycles. The van der Waals surface area contributed by atoms with Gasteiger partial charge in [0.25, 0.3) is 5.91 Å². The number of fused-ring (bicyclic) bond motifs is 1. The number of nitrogens with one attached hydrogen (secondary N) is 2. The lowest BCUT2D eigenvalue weighted by atomic mass is 9.99. The van der Waals surface area contributed by atoms with Gasteiger partial charge in [-0.05, 0) is 36.3 Å². The lowest BCUT2D eigenvalue weighted by Gasteiger charge is -2.26. The van der Waals surface area contributed by atoms with Crippen molar-refractivity contribution in [1.29, 1.82) is 0 Å². The number of aromatic nitrogens is 4. The van der Waals surface area contributed by atoms with Crippen LogP contribution in [0.3, 0.4) is 0 Å². The molecule has 0 saturated heterocycles. The Bertz CT molecular complexity index is 1240. The minimum Gasteiger partial charge on any atom is -0.346 e. The summed E-state index contributed by atoms with van der Waals surface area (Å²) in [4.78, 5) is 22.3. The highest BCUT2D eigenvalue weighted by Crippen LogP contribution is 2.30. The van der Waals surface area contributed by atoms with Crippen LogP contribution in [0.5, 0.6) is 0 Å². The van der Waals surface area contributed by atoms with Gasteiger partial charge < -0.3 is 9.88 Å². The van der Waals surface area contributed by atoms with Crippen LogP contribution in [0.15, 0.2) is 61.1 Å². The average Bonchev–Trinajstić information content (AvgIpc) is 3.41. The molecule has 1 aliphatic rings. The molecule has 6 nitrogen and oxygen atoms in total. The summed E-state index contributed by atoms with van der Waals surface area (Å²) in [6.07, 6.45) is 8.00. The van der Waals surface area contributed by atoms with E-state index in [4.69, 9.17) is 0 Å². The Hall–Kier alpha value is -3.74. The SMILES string of the molecule is O=C(c1cn[nH]c1-c1ccccc1F)N1CC=C(c2c[nH]c3ncccc23)CC1. The van der Waals surface area contributed by atoms with Crippen LogP contribution in [-0.2, 0) is 0 Å². The van der Waals surface area contributed by atoms with Gasteiger partial charge in [-0.2, -0.15) is 5.10 Å². The van der Waals surface area contributed by atoms with E-state index in [2.05, 4.69) is 26.2 Å². The van der Waals surface area contributed by atoms with Crippen LogP contribution in [0.2, 0.25) is 0 Å². The first-order valence-electron chi connectivity index (χ1n) is 9.41. The van der Waals surface area contributed by atoms with Crippen molar-refractivity contribution in [3.8, 4) is 11.3 Å². The largest absolute Gasteiger partial charge is 0.346 e. The summed E-state index contributed by atoms with van der Waals surface area (Å²) < 4.78 is 14.2. The summed E-state index contributed by atoms with van der Waals surface area (Å²) in [6, 6.07) is 10.3. The number of aromatic amines is 2. The predicted octanol–water partition coefficient (Wildman–Crippen LogP) is 4.02. The van der Waals surface area contributed by atoms with Gasteiger partial charge in [-0.1, -0.05) is 18.2 Å². The third-order valence-corrected chi connectivity index (χ3v) is 5.31. The second kappa shape index (κ2) is 7.01. The first-order chi connectivity index (χ1) is 14.2. The molecular weight excluding hydrogens is 369 g/mol. The van der Waals surface area contributed by atoms with Crippen LogP contribution in [0.25, 0.3) is 27.9 Å². The Morgan fingerprint density at radius 1 is 1.14 bits per heavy atom. The van der Waals surface area contributed by atoms with Gasteiger partial charge in [0.1, 0.15) is 11.5 Å². The van der Waals surface area contributed by atoms with E-state index in [1.807, 2.05) is 18.3 Å². The smallest absolute Gasteiger partial charge is 0.257 e. The fourth-order valence-electron chi connectivity index (χ4n) is 3.81. The maximum atomic E-state index is 14.2. The minimum absolute atomic E-state index is 0.159. The molecule has 5 rings (SSSR count). The molecule has 0 fully saturated rings. The number of amides is 1. The van der Waals surface area contributed by atoms with E-state index in [1.165, 1.54) is 17.8 Å². The Kier molecular flexibility index (Phi) is 4.20. The average molecular weight is 387 g/mol. The molecule has 7 heteroatoms. The number of pyridine rings is 1. The Morgan fingerprint density at radius 3 is 2.86 bits per heavy atom. The number of hydrogen-bond donors (Lipinski definition) is 2. The number of benzene rings is 1. The van der Waals surface area contributed by atoms with Crippen molar-refractivity contribution < 1.29 is 9.18 Å². The van der Waals surface area contributed by atoms with Crippen LogP contribution >= 0.6 is 0 Å². The summed E-state index contributed by atoms with van der Waals surface area (Å²) in [7, 11) is 0. The summed E-state index contributed by atoms with van der Waals surface area (Å²) in [5.41, 5.74) is 4.29. The fourth-order valence-corrected chi connectivity index (χ4v) is 3.81. The molecule has 1 amide bonds. The van der Waals surface area contributed by atoms with Crippen LogP contribution in [-0.4, -0.2) is 44.1 Å². The van der Waals surface area contributed by atoms with Crippen molar-refractivity contribution >= 4 is 22.5 Å². The standard InChI is InChI=1S/C22H18FN5O/c23-19-6-2-1-4-16(19)20-18(13-26-27-20)22(29)28-10-7-14(8-11-28)17-12-25-21-15(17)5-3-9-24-21/h1-7,9,12-13H,8,10-11H2,(H,24,25)(H,26,27). The zero-order chi connectivity index (χ0) is 19.8. The quantitative estimate of drug-likeness (QED) is 0.557. The zero-order valence-electron chi connectivity index (χ0n) is 15.5. The molecule has 2 N–H and O–H groups in total. The number of H-pyrrole nitrogens is 2. The maximum Gasteiger partial charge on any atom is 0.257 e. The molecule has 1 aromatic carbocycles. The molecule has 3 aromatic heterocycles. The molecule has 0 bridgehead atoms.